The molecule has 2 rings (SSSR count). The summed E-state index contributed by atoms with van der Waals surface area (Å²) in [4.78, 5) is 14.9. The molecule has 0 spiro atoms. The molecule has 7 nitrogen and oxygen atoms in total. The number of carboxylic acids is 1. The van der Waals surface area contributed by atoms with E-state index in [1.165, 1.54) is 0 Å². The zero-order valence-electron chi connectivity index (χ0n) is 12.8. The highest BCUT2D eigenvalue weighted by molar-refractivity contribution is 7.90. The summed E-state index contributed by atoms with van der Waals surface area (Å²) < 4.78 is 27.5. The number of hydrogen-bond donors (Lipinski definition) is 2. The molecule has 3 N–H and O–H groups in total. The molecule has 1 heterocycles. The first-order valence-electron chi connectivity index (χ1n) is 7.51. The van der Waals surface area contributed by atoms with Crippen LogP contribution in [0.15, 0.2) is 28.8 Å². The van der Waals surface area contributed by atoms with Crippen molar-refractivity contribution in [2.75, 3.05) is 5.75 Å². The van der Waals surface area contributed by atoms with Gasteiger partial charge in [0, 0.05) is 29.9 Å². The number of hydrogen-bond acceptors (Lipinski definition) is 5. The van der Waals surface area contributed by atoms with Gasteiger partial charge in [0.15, 0.2) is 0 Å². The topological polar surface area (TPSA) is 123 Å². The lowest BCUT2D eigenvalue weighted by Crippen LogP contribution is -2.36. The number of pyridine rings is 1. The highest BCUT2D eigenvalue weighted by Gasteiger charge is 2.40. The van der Waals surface area contributed by atoms with Crippen LogP contribution in [-0.2, 0) is 20.2 Å². The lowest BCUT2D eigenvalue weighted by atomic mass is 9.65. The quantitative estimate of drug-likeness (QED) is 0.684. The molecule has 1 fully saturated rings. The number of carbonyl (C=O) groups is 1. The fraction of sp³-hybridized carbons (Fsp3) is 0.533. The molecule has 0 bridgehead atoms. The second-order valence-corrected chi connectivity index (χ2v) is 7.64. The highest BCUT2D eigenvalue weighted by Crippen LogP contribution is 2.45. The van der Waals surface area contributed by atoms with Crippen LogP contribution in [0.4, 0.5) is 0 Å². The van der Waals surface area contributed by atoms with Crippen molar-refractivity contribution in [3.63, 3.8) is 0 Å². The van der Waals surface area contributed by atoms with Gasteiger partial charge in [-0.05, 0) is 31.4 Å². The number of rotatable bonds is 8. The number of aliphatic carboxylic acids is 1. The summed E-state index contributed by atoms with van der Waals surface area (Å²) in [5, 5.41) is 8.64. The number of nitrogens with zero attached hydrogens (tertiary/aromatic N) is 2. The highest BCUT2D eigenvalue weighted by atomic mass is 32.2. The number of aromatic nitrogens is 1. The summed E-state index contributed by atoms with van der Waals surface area (Å²) >= 11 is 0. The van der Waals surface area contributed by atoms with Crippen molar-refractivity contribution in [3.8, 4) is 0 Å². The van der Waals surface area contributed by atoms with Crippen molar-refractivity contribution in [2.24, 2.45) is 10.1 Å². The third-order valence-corrected chi connectivity index (χ3v) is 5.46. The molecule has 0 aromatic carbocycles. The zero-order chi connectivity index (χ0) is 16.9. The van der Waals surface area contributed by atoms with Crippen LogP contribution < -0.4 is 5.73 Å². The van der Waals surface area contributed by atoms with Gasteiger partial charge in [0.2, 0.25) is 0 Å². The molecule has 0 unspecified atom stereocenters. The predicted octanol–water partition coefficient (Wildman–Crippen LogP) is 1.10. The van der Waals surface area contributed by atoms with Crippen molar-refractivity contribution >= 4 is 22.2 Å². The molecule has 1 aliphatic rings. The van der Waals surface area contributed by atoms with Crippen LogP contribution in [0.5, 0.6) is 0 Å². The van der Waals surface area contributed by atoms with E-state index in [9.17, 15) is 13.2 Å². The number of sulfonamides is 1. The Morgan fingerprint density at radius 2 is 2.22 bits per heavy atom. The van der Waals surface area contributed by atoms with E-state index in [0.717, 1.165) is 31.2 Å². The molecular formula is C15H21N3O4S. The lowest BCUT2D eigenvalue weighted by molar-refractivity contribution is -0.138. The van der Waals surface area contributed by atoms with Gasteiger partial charge in [-0.25, -0.2) is 8.42 Å². The summed E-state index contributed by atoms with van der Waals surface area (Å²) in [5.41, 5.74) is 6.05. The molecule has 0 saturated heterocycles. The molecule has 8 heteroatoms. The van der Waals surface area contributed by atoms with E-state index in [4.69, 9.17) is 10.8 Å². The van der Waals surface area contributed by atoms with Crippen molar-refractivity contribution < 1.29 is 18.3 Å². The van der Waals surface area contributed by atoms with Gasteiger partial charge in [0.05, 0.1) is 5.75 Å². The third kappa shape index (κ3) is 4.59. The van der Waals surface area contributed by atoms with E-state index < -0.39 is 22.0 Å². The minimum Gasteiger partial charge on any atom is -0.480 e. The molecule has 1 aromatic heterocycles. The largest absolute Gasteiger partial charge is 0.480 e. The predicted molar refractivity (Wildman–Crippen MR) is 86.9 cm³/mol. The molecule has 0 radical (unpaired) electrons. The third-order valence-electron chi connectivity index (χ3n) is 4.27. The Bertz CT molecular complexity index is 669. The van der Waals surface area contributed by atoms with Crippen molar-refractivity contribution in [2.45, 2.75) is 43.6 Å². The first-order chi connectivity index (χ1) is 10.8. The van der Waals surface area contributed by atoms with Gasteiger partial charge in [0.1, 0.15) is 6.04 Å². The number of nitrogens with two attached hydrogens (primary N) is 1. The Morgan fingerprint density at radius 3 is 2.74 bits per heavy atom. The van der Waals surface area contributed by atoms with Crippen LogP contribution in [0.3, 0.4) is 0 Å². The first kappa shape index (κ1) is 17.6. The van der Waals surface area contributed by atoms with E-state index in [1.54, 1.807) is 6.20 Å². The molecule has 1 aromatic rings. The molecule has 1 saturated carbocycles. The molecule has 1 atom stereocenters. The molecule has 126 valence electrons. The summed E-state index contributed by atoms with van der Waals surface area (Å²) in [5.74, 6) is -1.26. The number of carboxylic acid groups (broad SMARTS) is 1. The molecule has 23 heavy (non-hydrogen) atoms. The van der Waals surface area contributed by atoms with Crippen molar-refractivity contribution in [1.82, 2.24) is 4.98 Å². The molecule has 0 amide bonds. The van der Waals surface area contributed by atoms with Crippen LogP contribution in [0.25, 0.3) is 0 Å². The van der Waals surface area contributed by atoms with Gasteiger partial charge < -0.3 is 10.8 Å². The summed E-state index contributed by atoms with van der Waals surface area (Å²) in [6.45, 7) is 0. The second kappa shape index (κ2) is 7.18. The summed E-state index contributed by atoms with van der Waals surface area (Å²) in [6, 6.07) is 4.53. The molecule has 1 aliphatic carbocycles. The Labute approximate surface area is 135 Å². The maximum atomic E-state index is 12.0. The van der Waals surface area contributed by atoms with Gasteiger partial charge in [0.25, 0.3) is 10.0 Å². The Balaban J connectivity index is 1.96. The average Bonchev–Trinajstić information content (AvgIpc) is 2.46. The maximum Gasteiger partial charge on any atom is 0.320 e. The first-order valence-corrected chi connectivity index (χ1v) is 9.12. The fourth-order valence-electron chi connectivity index (χ4n) is 2.66. The van der Waals surface area contributed by atoms with Crippen molar-refractivity contribution in [1.29, 1.82) is 0 Å². The fourth-order valence-corrected chi connectivity index (χ4v) is 3.73. The van der Waals surface area contributed by atoms with E-state index in [2.05, 4.69) is 9.38 Å². The van der Waals surface area contributed by atoms with Crippen LogP contribution in [0.2, 0.25) is 0 Å². The van der Waals surface area contributed by atoms with Crippen molar-refractivity contribution in [3.05, 3.63) is 30.1 Å². The second-order valence-electron chi connectivity index (χ2n) is 5.85. The van der Waals surface area contributed by atoms with E-state index >= 15 is 0 Å². The maximum absolute atomic E-state index is 12.0. The van der Waals surface area contributed by atoms with Crippen LogP contribution in [-0.4, -0.2) is 42.5 Å². The summed E-state index contributed by atoms with van der Waals surface area (Å²) in [7, 11) is -3.63. The normalized spacial score (nSPS) is 18.5. The van der Waals surface area contributed by atoms with Gasteiger partial charge in [-0.2, -0.15) is 4.40 Å². The minimum absolute atomic E-state index is 0.0810. The van der Waals surface area contributed by atoms with Gasteiger partial charge in [-0.3, -0.25) is 9.78 Å². The van der Waals surface area contributed by atoms with Crippen LogP contribution >= 0.6 is 0 Å². The molecule has 0 aliphatic heterocycles. The average molecular weight is 339 g/mol. The van der Waals surface area contributed by atoms with E-state index in [0.29, 0.717) is 6.42 Å². The van der Waals surface area contributed by atoms with E-state index in [-0.39, 0.29) is 17.6 Å². The van der Waals surface area contributed by atoms with Gasteiger partial charge in [-0.1, -0.05) is 12.5 Å². The van der Waals surface area contributed by atoms with Crippen LogP contribution in [0.1, 0.15) is 37.8 Å². The van der Waals surface area contributed by atoms with Gasteiger partial charge in [-0.15, -0.1) is 0 Å². The minimum atomic E-state index is -3.63. The van der Waals surface area contributed by atoms with E-state index in [1.807, 2.05) is 18.2 Å². The van der Waals surface area contributed by atoms with Crippen LogP contribution in [0, 0.1) is 0 Å². The Morgan fingerprint density at radius 1 is 1.48 bits per heavy atom. The SMILES string of the molecule is N[C@@H](C/C=N/S(=O)(=O)CCC1(c2ccccn2)CCC1)C(=O)O. The standard InChI is InChI=1S/C15H21N3O4S/c16-12(14(19)20)5-10-18-23(21,22)11-8-15(6-3-7-15)13-4-1-2-9-17-13/h1-2,4,9-10,12H,3,5-8,11,16H2,(H,19,20)/b18-10+/t12-/m0/s1. The Hall–Kier alpha value is -1.80. The monoisotopic (exact) mass is 339 g/mol. The lowest BCUT2D eigenvalue weighted by Gasteiger charge is -2.41. The molecular weight excluding hydrogens is 318 g/mol. The smallest absolute Gasteiger partial charge is 0.320 e. The Kier molecular flexibility index (Phi) is 5.48. The van der Waals surface area contributed by atoms with Gasteiger partial charge >= 0.3 is 5.97 Å². The summed E-state index contributed by atoms with van der Waals surface area (Å²) in [6.07, 6.45) is 6.06. The zero-order valence-corrected chi connectivity index (χ0v) is 13.6.